The van der Waals surface area contributed by atoms with E-state index >= 15 is 0 Å². The molecule has 1 aromatic carbocycles. The minimum Gasteiger partial charge on any atom is -0.391 e. The fourth-order valence-corrected chi connectivity index (χ4v) is 2.32. The van der Waals surface area contributed by atoms with Gasteiger partial charge in [-0.25, -0.2) is 0 Å². The maximum Gasteiger partial charge on any atom is 0.142 e. The van der Waals surface area contributed by atoms with Crippen molar-refractivity contribution in [3.8, 4) is 0 Å². The number of oxime groups is 1. The van der Waals surface area contributed by atoms with Crippen LogP contribution in [0.15, 0.2) is 47.1 Å². The Kier molecular flexibility index (Phi) is 4.61. The number of benzene rings is 1. The average Bonchev–Trinajstić information content (AvgIpc) is 2.41. The summed E-state index contributed by atoms with van der Waals surface area (Å²) in [5.41, 5.74) is 2.52. The molecule has 1 atom stereocenters. The van der Waals surface area contributed by atoms with Gasteiger partial charge in [-0.1, -0.05) is 41.6 Å². The maximum atomic E-state index is 10.1. The Morgan fingerprint density at radius 2 is 2.00 bits per heavy atom. The minimum atomic E-state index is -0.683. The summed E-state index contributed by atoms with van der Waals surface area (Å²) in [5.74, 6) is 0.199. The zero-order valence-electron chi connectivity index (χ0n) is 12.5. The van der Waals surface area contributed by atoms with Crippen LogP contribution in [-0.4, -0.2) is 16.4 Å². The quantitative estimate of drug-likeness (QED) is 0.850. The van der Waals surface area contributed by atoms with Gasteiger partial charge in [-0.05, 0) is 50.7 Å². The Hall–Kier alpha value is -1.61. The van der Waals surface area contributed by atoms with Crippen LogP contribution in [0.5, 0.6) is 0 Å². The van der Waals surface area contributed by atoms with Crippen LogP contribution in [0.2, 0.25) is 0 Å². The standard InChI is InChI=1S/C17H23NO2/c1-13-9-10-15(17(2,3)19)11-16(13)18-20-12-14-7-5-4-6-8-14/h4-9,15,19H,10-12H2,1-3H3/b18-16+/t15-/m0/s1. The lowest BCUT2D eigenvalue weighted by Gasteiger charge is -2.31. The molecule has 0 aromatic heterocycles. The van der Waals surface area contributed by atoms with E-state index in [4.69, 9.17) is 4.84 Å². The van der Waals surface area contributed by atoms with E-state index in [-0.39, 0.29) is 5.92 Å². The van der Waals surface area contributed by atoms with E-state index in [9.17, 15) is 5.11 Å². The summed E-state index contributed by atoms with van der Waals surface area (Å²) in [6.07, 6.45) is 3.80. The van der Waals surface area contributed by atoms with Crippen molar-refractivity contribution < 1.29 is 9.94 Å². The molecule has 0 unspecified atom stereocenters. The molecule has 0 fully saturated rings. The van der Waals surface area contributed by atoms with Gasteiger partial charge >= 0.3 is 0 Å². The first-order valence-corrected chi connectivity index (χ1v) is 7.09. The molecule has 1 aliphatic carbocycles. The van der Waals surface area contributed by atoms with Gasteiger partial charge in [-0.3, -0.25) is 0 Å². The molecular formula is C17H23NO2. The highest BCUT2D eigenvalue weighted by Gasteiger charge is 2.30. The van der Waals surface area contributed by atoms with Gasteiger partial charge in [-0.15, -0.1) is 0 Å². The second-order valence-corrected chi connectivity index (χ2v) is 5.97. The van der Waals surface area contributed by atoms with Crippen molar-refractivity contribution in [1.29, 1.82) is 0 Å². The van der Waals surface area contributed by atoms with Crippen molar-refractivity contribution in [2.45, 2.75) is 45.8 Å². The number of nitrogens with zero attached hydrogens (tertiary/aromatic N) is 1. The Morgan fingerprint density at radius 1 is 1.30 bits per heavy atom. The van der Waals surface area contributed by atoms with Crippen LogP contribution >= 0.6 is 0 Å². The van der Waals surface area contributed by atoms with Crippen LogP contribution in [0.4, 0.5) is 0 Å². The summed E-state index contributed by atoms with van der Waals surface area (Å²) in [5, 5.41) is 14.4. The summed E-state index contributed by atoms with van der Waals surface area (Å²) in [6, 6.07) is 9.99. The van der Waals surface area contributed by atoms with Crippen LogP contribution in [0.1, 0.15) is 39.2 Å². The molecule has 3 heteroatoms. The third-order valence-corrected chi connectivity index (χ3v) is 3.85. The lowest BCUT2D eigenvalue weighted by molar-refractivity contribution is 0.0197. The molecular weight excluding hydrogens is 250 g/mol. The lowest BCUT2D eigenvalue weighted by atomic mass is 9.79. The van der Waals surface area contributed by atoms with E-state index in [2.05, 4.69) is 11.2 Å². The molecule has 1 N–H and O–H groups in total. The minimum absolute atomic E-state index is 0.199. The van der Waals surface area contributed by atoms with Gasteiger partial charge in [0.25, 0.3) is 0 Å². The van der Waals surface area contributed by atoms with E-state index in [0.717, 1.165) is 29.7 Å². The number of allylic oxidation sites excluding steroid dienone is 2. The summed E-state index contributed by atoms with van der Waals surface area (Å²) < 4.78 is 0. The van der Waals surface area contributed by atoms with E-state index in [1.165, 1.54) is 0 Å². The highest BCUT2D eigenvalue weighted by atomic mass is 16.6. The Bertz CT molecular complexity index is 497. The SMILES string of the molecule is CC1=CC[C@H](C(C)(C)O)C/C1=N\OCc1ccccc1. The van der Waals surface area contributed by atoms with Crippen LogP contribution in [0.25, 0.3) is 0 Å². The first-order chi connectivity index (χ1) is 9.47. The summed E-state index contributed by atoms with van der Waals surface area (Å²) in [7, 11) is 0. The number of aliphatic hydroxyl groups is 1. The van der Waals surface area contributed by atoms with Crippen molar-refractivity contribution in [2.75, 3.05) is 0 Å². The van der Waals surface area contributed by atoms with Crippen molar-refractivity contribution in [2.24, 2.45) is 11.1 Å². The molecule has 0 amide bonds. The van der Waals surface area contributed by atoms with Crippen LogP contribution in [0, 0.1) is 5.92 Å². The van der Waals surface area contributed by atoms with Gasteiger partial charge in [0, 0.05) is 0 Å². The fraction of sp³-hybridized carbons (Fsp3) is 0.471. The van der Waals surface area contributed by atoms with E-state index in [0.29, 0.717) is 6.61 Å². The summed E-state index contributed by atoms with van der Waals surface area (Å²) >= 11 is 0. The predicted octanol–water partition coefficient (Wildman–Crippen LogP) is 3.69. The highest BCUT2D eigenvalue weighted by molar-refractivity contribution is 6.00. The molecule has 20 heavy (non-hydrogen) atoms. The van der Waals surface area contributed by atoms with E-state index < -0.39 is 5.60 Å². The zero-order chi connectivity index (χ0) is 14.6. The number of hydrogen-bond acceptors (Lipinski definition) is 3. The first-order valence-electron chi connectivity index (χ1n) is 7.09. The van der Waals surface area contributed by atoms with Crippen molar-refractivity contribution >= 4 is 5.71 Å². The van der Waals surface area contributed by atoms with Gasteiger partial charge in [-0.2, -0.15) is 0 Å². The van der Waals surface area contributed by atoms with Gasteiger partial charge in [0.1, 0.15) is 6.61 Å². The first kappa shape index (κ1) is 14.8. The van der Waals surface area contributed by atoms with Crippen LogP contribution < -0.4 is 0 Å². The van der Waals surface area contributed by atoms with E-state index in [1.54, 1.807) is 0 Å². The Balaban J connectivity index is 1.98. The highest BCUT2D eigenvalue weighted by Crippen LogP contribution is 2.30. The normalized spacial score (nSPS) is 21.7. The van der Waals surface area contributed by atoms with Gasteiger partial charge < -0.3 is 9.94 Å². The molecule has 0 spiro atoms. The van der Waals surface area contributed by atoms with Crippen molar-refractivity contribution in [1.82, 2.24) is 0 Å². The molecule has 1 aliphatic rings. The van der Waals surface area contributed by atoms with Gasteiger partial charge in [0.15, 0.2) is 0 Å². The third-order valence-electron chi connectivity index (χ3n) is 3.85. The second kappa shape index (κ2) is 6.23. The molecule has 0 radical (unpaired) electrons. The molecule has 0 saturated heterocycles. The van der Waals surface area contributed by atoms with Crippen molar-refractivity contribution in [3.05, 3.63) is 47.5 Å². The monoisotopic (exact) mass is 273 g/mol. The van der Waals surface area contributed by atoms with Gasteiger partial charge in [0.2, 0.25) is 0 Å². The second-order valence-electron chi connectivity index (χ2n) is 5.97. The number of hydrogen-bond donors (Lipinski definition) is 1. The Morgan fingerprint density at radius 3 is 2.65 bits per heavy atom. The molecule has 0 bridgehead atoms. The molecule has 0 aliphatic heterocycles. The van der Waals surface area contributed by atoms with Crippen molar-refractivity contribution in [3.63, 3.8) is 0 Å². The van der Waals surface area contributed by atoms with E-state index in [1.807, 2.05) is 51.1 Å². The molecule has 3 nitrogen and oxygen atoms in total. The number of rotatable bonds is 4. The smallest absolute Gasteiger partial charge is 0.142 e. The van der Waals surface area contributed by atoms with Crippen LogP contribution in [-0.2, 0) is 11.4 Å². The maximum absolute atomic E-state index is 10.1. The average molecular weight is 273 g/mol. The lowest BCUT2D eigenvalue weighted by Crippen LogP contribution is -2.34. The topological polar surface area (TPSA) is 41.8 Å². The Labute approximate surface area is 121 Å². The summed E-state index contributed by atoms with van der Waals surface area (Å²) in [4.78, 5) is 5.46. The fourth-order valence-electron chi connectivity index (χ4n) is 2.32. The molecule has 0 saturated carbocycles. The summed E-state index contributed by atoms with van der Waals surface area (Å²) in [6.45, 7) is 6.24. The van der Waals surface area contributed by atoms with Gasteiger partial charge in [0.05, 0.1) is 11.3 Å². The zero-order valence-corrected chi connectivity index (χ0v) is 12.5. The molecule has 2 rings (SSSR count). The van der Waals surface area contributed by atoms with Crippen LogP contribution in [0.3, 0.4) is 0 Å². The molecule has 1 aromatic rings. The molecule has 0 heterocycles. The third kappa shape index (κ3) is 3.94. The predicted molar refractivity (Wildman–Crippen MR) is 81.4 cm³/mol. The molecule has 108 valence electrons. The largest absolute Gasteiger partial charge is 0.391 e.